The van der Waals surface area contributed by atoms with Crippen molar-refractivity contribution in [3.8, 4) is 5.75 Å². The molecule has 9 heteroatoms. The first-order valence-corrected chi connectivity index (χ1v) is 7.78. The van der Waals surface area contributed by atoms with Crippen molar-refractivity contribution in [1.82, 2.24) is 0 Å². The van der Waals surface area contributed by atoms with E-state index < -0.39 is 43.4 Å². The summed E-state index contributed by atoms with van der Waals surface area (Å²) in [5.41, 5.74) is 0. The predicted molar refractivity (Wildman–Crippen MR) is 82.7 cm³/mol. The Kier molecular flexibility index (Phi) is 7.20. The summed E-state index contributed by atoms with van der Waals surface area (Å²) in [6.45, 7) is -0.859. The maximum atomic E-state index is 9.85. The van der Waals surface area contributed by atoms with E-state index in [0.29, 0.717) is 10.8 Å². The fourth-order valence-electron chi connectivity index (χ4n) is 2.18. The monoisotopic (exact) mass is 364 g/mol. The van der Waals surface area contributed by atoms with Gasteiger partial charge in [-0.05, 0) is 24.3 Å². The molecule has 1 aromatic rings. The summed E-state index contributed by atoms with van der Waals surface area (Å²) >= 11 is 5.75. The van der Waals surface area contributed by atoms with Crippen molar-refractivity contribution >= 4 is 11.6 Å². The molecule has 0 spiro atoms. The largest absolute Gasteiger partial charge is 0.491 e. The molecule has 0 aromatic heterocycles. The second kappa shape index (κ2) is 8.93. The van der Waals surface area contributed by atoms with E-state index in [0.717, 1.165) is 0 Å². The lowest BCUT2D eigenvalue weighted by Gasteiger charge is -2.39. The van der Waals surface area contributed by atoms with Crippen LogP contribution in [0.5, 0.6) is 5.75 Å². The number of rotatable bonds is 7. The van der Waals surface area contributed by atoms with Crippen LogP contribution < -0.4 is 4.74 Å². The summed E-state index contributed by atoms with van der Waals surface area (Å²) in [5, 5.41) is 48.6. The lowest BCUT2D eigenvalue weighted by atomic mass is 9.99. The first-order valence-electron chi connectivity index (χ1n) is 7.41. The van der Waals surface area contributed by atoms with Crippen LogP contribution in [-0.2, 0) is 9.47 Å². The highest BCUT2D eigenvalue weighted by atomic mass is 35.5. The molecule has 0 aliphatic carbocycles. The minimum absolute atomic E-state index is 0.0704. The summed E-state index contributed by atoms with van der Waals surface area (Å²) in [7, 11) is 0. The van der Waals surface area contributed by atoms with Crippen LogP contribution in [0.4, 0.5) is 0 Å². The highest BCUT2D eigenvalue weighted by Crippen LogP contribution is 2.22. The number of aliphatic hydroxyl groups is 5. The quantitative estimate of drug-likeness (QED) is 0.412. The maximum Gasteiger partial charge on any atom is 0.186 e. The van der Waals surface area contributed by atoms with Gasteiger partial charge in [-0.3, -0.25) is 0 Å². The van der Waals surface area contributed by atoms with Crippen LogP contribution in [0.2, 0.25) is 5.02 Å². The van der Waals surface area contributed by atoms with Crippen molar-refractivity contribution in [1.29, 1.82) is 0 Å². The molecule has 0 bridgehead atoms. The fraction of sp³-hybridized carbons (Fsp3) is 0.600. The molecule has 5 N–H and O–H groups in total. The molecular formula is C15H21ClO8. The van der Waals surface area contributed by atoms with Crippen molar-refractivity contribution < 1.29 is 39.7 Å². The van der Waals surface area contributed by atoms with Crippen molar-refractivity contribution in [2.75, 3.05) is 19.8 Å². The van der Waals surface area contributed by atoms with E-state index in [9.17, 15) is 20.4 Å². The molecule has 24 heavy (non-hydrogen) atoms. The number of ether oxygens (including phenoxy) is 3. The van der Waals surface area contributed by atoms with Crippen molar-refractivity contribution in [2.24, 2.45) is 0 Å². The Morgan fingerprint density at radius 2 is 1.71 bits per heavy atom. The molecular weight excluding hydrogens is 344 g/mol. The lowest BCUT2D eigenvalue weighted by molar-refractivity contribution is -0.304. The Morgan fingerprint density at radius 1 is 1.04 bits per heavy atom. The van der Waals surface area contributed by atoms with Gasteiger partial charge in [0, 0.05) is 5.02 Å². The normalized spacial score (nSPS) is 31.7. The maximum absolute atomic E-state index is 9.85. The third kappa shape index (κ3) is 5.01. The van der Waals surface area contributed by atoms with E-state index in [1.165, 1.54) is 0 Å². The van der Waals surface area contributed by atoms with Gasteiger partial charge >= 0.3 is 0 Å². The summed E-state index contributed by atoms with van der Waals surface area (Å²) in [6, 6.07) is 6.59. The molecule has 1 aliphatic rings. The van der Waals surface area contributed by atoms with Gasteiger partial charge in [0.05, 0.1) is 13.2 Å². The molecule has 2 rings (SSSR count). The predicted octanol–water partition coefficient (Wildman–Crippen LogP) is -1.10. The number of aliphatic hydroxyl groups excluding tert-OH is 5. The highest BCUT2D eigenvalue weighted by molar-refractivity contribution is 6.30. The zero-order chi connectivity index (χ0) is 17.7. The summed E-state index contributed by atoms with van der Waals surface area (Å²) in [5.74, 6) is 0.520. The molecule has 1 aliphatic heterocycles. The first kappa shape index (κ1) is 19.4. The Balaban J connectivity index is 1.78. The van der Waals surface area contributed by atoms with Crippen molar-refractivity contribution in [3.63, 3.8) is 0 Å². The Morgan fingerprint density at radius 3 is 2.33 bits per heavy atom. The molecule has 8 nitrogen and oxygen atoms in total. The molecule has 1 aromatic carbocycles. The molecule has 1 saturated heterocycles. The van der Waals surface area contributed by atoms with Gasteiger partial charge in [0.25, 0.3) is 0 Å². The van der Waals surface area contributed by atoms with E-state index in [4.69, 9.17) is 30.9 Å². The van der Waals surface area contributed by atoms with Crippen LogP contribution in [0.3, 0.4) is 0 Å². The van der Waals surface area contributed by atoms with Gasteiger partial charge in [0.2, 0.25) is 0 Å². The zero-order valence-corrected chi connectivity index (χ0v) is 13.5. The molecule has 1 heterocycles. The van der Waals surface area contributed by atoms with Crippen LogP contribution in [-0.4, -0.2) is 82.2 Å². The van der Waals surface area contributed by atoms with Gasteiger partial charge in [0.1, 0.15) is 42.9 Å². The second-order valence-corrected chi connectivity index (χ2v) is 5.89. The highest BCUT2D eigenvalue weighted by Gasteiger charge is 2.44. The zero-order valence-electron chi connectivity index (χ0n) is 12.7. The Hall–Kier alpha value is -0.970. The number of hydrogen-bond acceptors (Lipinski definition) is 8. The van der Waals surface area contributed by atoms with Gasteiger partial charge in [-0.2, -0.15) is 0 Å². The molecule has 1 unspecified atom stereocenters. The Bertz CT molecular complexity index is 497. The number of benzene rings is 1. The second-order valence-electron chi connectivity index (χ2n) is 5.45. The molecule has 0 saturated carbocycles. The first-order chi connectivity index (χ1) is 11.4. The van der Waals surface area contributed by atoms with Gasteiger partial charge in [-0.25, -0.2) is 0 Å². The molecule has 1 fully saturated rings. The summed E-state index contributed by atoms with van der Waals surface area (Å²) < 4.78 is 15.7. The van der Waals surface area contributed by atoms with Crippen molar-refractivity contribution in [2.45, 2.75) is 36.8 Å². The number of halogens is 1. The van der Waals surface area contributed by atoms with Gasteiger partial charge in [0.15, 0.2) is 6.29 Å². The smallest absolute Gasteiger partial charge is 0.186 e. The van der Waals surface area contributed by atoms with Crippen LogP contribution in [0.25, 0.3) is 0 Å². The van der Waals surface area contributed by atoms with Crippen molar-refractivity contribution in [3.05, 3.63) is 29.3 Å². The molecule has 0 radical (unpaired) electrons. The van der Waals surface area contributed by atoms with E-state index in [-0.39, 0.29) is 13.2 Å². The van der Waals surface area contributed by atoms with Crippen LogP contribution in [0.15, 0.2) is 24.3 Å². The number of hydrogen-bond donors (Lipinski definition) is 5. The third-order valence-corrected chi connectivity index (χ3v) is 3.81. The minimum Gasteiger partial charge on any atom is -0.491 e. The van der Waals surface area contributed by atoms with Gasteiger partial charge < -0.3 is 39.7 Å². The van der Waals surface area contributed by atoms with Crippen LogP contribution in [0, 0.1) is 0 Å². The molecule has 136 valence electrons. The molecule has 6 atom stereocenters. The standard InChI is InChI=1S/C15H21ClO8/c16-8-1-3-10(4-2-8)22-6-9(18)7-23-15-14(21)13(20)12(19)11(5-17)24-15/h1-4,9,11-15,17-21H,5-7H2/t9?,11-,12-,13+,14-,15-/m1/s1. The van der Waals surface area contributed by atoms with Crippen LogP contribution in [0.1, 0.15) is 0 Å². The van der Waals surface area contributed by atoms with E-state index in [1.54, 1.807) is 24.3 Å². The van der Waals surface area contributed by atoms with Crippen LogP contribution >= 0.6 is 11.6 Å². The SMILES string of the molecule is OC[C@H]1O[C@@H](OCC(O)COc2ccc(Cl)cc2)[C@H](O)[C@@H](O)[C@@H]1O. The average Bonchev–Trinajstić information content (AvgIpc) is 2.58. The van der Waals surface area contributed by atoms with E-state index >= 15 is 0 Å². The minimum atomic E-state index is -1.52. The topological polar surface area (TPSA) is 129 Å². The fourth-order valence-corrected chi connectivity index (χ4v) is 2.31. The van der Waals surface area contributed by atoms with Gasteiger partial charge in [-0.15, -0.1) is 0 Å². The summed E-state index contributed by atoms with van der Waals surface area (Å²) in [6.07, 6.45) is -7.85. The lowest BCUT2D eigenvalue weighted by Crippen LogP contribution is -2.59. The van der Waals surface area contributed by atoms with E-state index in [1.807, 2.05) is 0 Å². The third-order valence-electron chi connectivity index (χ3n) is 3.56. The van der Waals surface area contributed by atoms with E-state index in [2.05, 4.69) is 0 Å². The Labute approximate surface area is 143 Å². The van der Waals surface area contributed by atoms with Gasteiger partial charge in [-0.1, -0.05) is 11.6 Å². The average molecular weight is 365 g/mol. The molecule has 0 amide bonds. The summed E-state index contributed by atoms with van der Waals surface area (Å²) in [4.78, 5) is 0.